The molecule has 1 N–H and O–H groups in total. The van der Waals surface area contributed by atoms with Crippen LogP contribution in [0.15, 0.2) is 12.3 Å². The van der Waals surface area contributed by atoms with Gasteiger partial charge in [0.1, 0.15) is 16.9 Å². The first-order valence-corrected chi connectivity index (χ1v) is 5.53. The van der Waals surface area contributed by atoms with Gasteiger partial charge in [-0.3, -0.25) is 0 Å². The van der Waals surface area contributed by atoms with Gasteiger partial charge in [-0.15, -0.1) is 0 Å². The maximum absolute atomic E-state index is 8.80. The van der Waals surface area contributed by atoms with E-state index in [1.807, 2.05) is 13.1 Å². The number of hydrogen-bond donors (Lipinski definition) is 1. The summed E-state index contributed by atoms with van der Waals surface area (Å²) in [6, 6.07) is 3.63. The zero-order chi connectivity index (χ0) is 12.0. The monoisotopic (exact) mass is 238 g/mol. The Morgan fingerprint density at radius 3 is 3.00 bits per heavy atom. The van der Waals surface area contributed by atoms with Crippen LogP contribution in [0.4, 0.5) is 5.82 Å². The van der Waals surface area contributed by atoms with Crippen LogP contribution in [0.1, 0.15) is 12.5 Å². The first kappa shape index (κ1) is 12.8. The van der Waals surface area contributed by atoms with Gasteiger partial charge in [-0.25, -0.2) is 4.98 Å². The highest BCUT2D eigenvalue weighted by Gasteiger charge is 2.06. The zero-order valence-electron chi connectivity index (χ0n) is 9.50. The van der Waals surface area contributed by atoms with E-state index in [0.717, 1.165) is 19.6 Å². The van der Waals surface area contributed by atoms with Crippen LogP contribution < -0.4 is 5.32 Å². The second kappa shape index (κ2) is 6.31. The molecule has 1 aromatic heterocycles. The summed E-state index contributed by atoms with van der Waals surface area (Å²) in [5.41, 5.74) is 0.447. The molecule has 0 aliphatic heterocycles. The number of anilines is 1. The highest BCUT2D eigenvalue weighted by molar-refractivity contribution is 6.34. The number of halogens is 1. The number of nitrogens with one attached hydrogen (secondary N) is 1. The van der Waals surface area contributed by atoms with E-state index in [2.05, 4.69) is 22.1 Å². The standard InChI is InChI=1S/C11H15ClN4/c1-3-16(2)7-6-15-11-10(12)9(8-13)4-5-14-11/h4-5H,3,6-7H2,1-2H3,(H,14,15). The van der Waals surface area contributed by atoms with Crippen molar-refractivity contribution < 1.29 is 0 Å². The van der Waals surface area contributed by atoms with Crippen molar-refractivity contribution in [2.75, 3.05) is 32.0 Å². The van der Waals surface area contributed by atoms with Crippen molar-refractivity contribution in [3.8, 4) is 6.07 Å². The Bertz CT molecular complexity index is 386. The summed E-state index contributed by atoms with van der Waals surface area (Å²) in [6.45, 7) is 4.76. The number of hydrogen-bond acceptors (Lipinski definition) is 4. The quantitative estimate of drug-likeness (QED) is 0.852. The minimum absolute atomic E-state index is 0.393. The van der Waals surface area contributed by atoms with Crippen molar-refractivity contribution in [3.05, 3.63) is 22.8 Å². The van der Waals surface area contributed by atoms with Gasteiger partial charge in [0.05, 0.1) is 5.56 Å². The van der Waals surface area contributed by atoms with Gasteiger partial charge in [0.2, 0.25) is 0 Å². The largest absolute Gasteiger partial charge is 0.368 e. The average molecular weight is 239 g/mol. The van der Waals surface area contributed by atoms with E-state index >= 15 is 0 Å². The van der Waals surface area contributed by atoms with Gasteiger partial charge in [0, 0.05) is 19.3 Å². The minimum Gasteiger partial charge on any atom is -0.368 e. The smallest absolute Gasteiger partial charge is 0.146 e. The Morgan fingerprint density at radius 2 is 2.38 bits per heavy atom. The molecule has 1 heterocycles. The predicted molar refractivity (Wildman–Crippen MR) is 65.6 cm³/mol. The molecular formula is C11H15ClN4. The Balaban J connectivity index is 2.58. The van der Waals surface area contributed by atoms with Crippen LogP contribution in [-0.2, 0) is 0 Å². The number of pyridine rings is 1. The molecular weight excluding hydrogens is 224 g/mol. The maximum atomic E-state index is 8.80. The van der Waals surface area contributed by atoms with Crippen LogP contribution in [0.5, 0.6) is 0 Å². The molecule has 86 valence electrons. The first-order valence-electron chi connectivity index (χ1n) is 5.16. The third kappa shape index (κ3) is 3.37. The number of aromatic nitrogens is 1. The summed E-state index contributed by atoms with van der Waals surface area (Å²) < 4.78 is 0. The van der Waals surface area contributed by atoms with E-state index in [4.69, 9.17) is 16.9 Å². The SMILES string of the molecule is CCN(C)CCNc1nccc(C#N)c1Cl. The molecule has 0 saturated carbocycles. The van der Waals surface area contributed by atoms with Gasteiger partial charge in [-0.2, -0.15) is 5.26 Å². The fourth-order valence-corrected chi connectivity index (χ4v) is 1.40. The molecule has 0 saturated heterocycles. The maximum Gasteiger partial charge on any atom is 0.146 e. The van der Waals surface area contributed by atoms with E-state index in [1.54, 1.807) is 12.3 Å². The Morgan fingerprint density at radius 1 is 1.62 bits per heavy atom. The molecule has 0 unspecified atom stereocenters. The van der Waals surface area contributed by atoms with Crippen molar-refractivity contribution >= 4 is 17.4 Å². The minimum atomic E-state index is 0.393. The van der Waals surface area contributed by atoms with Crippen molar-refractivity contribution in [3.63, 3.8) is 0 Å². The number of rotatable bonds is 5. The van der Waals surface area contributed by atoms with E-state index in [9.17, 15) is 0 Å². The zero-order valence-corrected chi connectivity index (χ0v) is 10.3. The van der Waals surface area contributed by atoms with E-state index in [0.29, 0.717) is 16.4 Å². The van der Waals surface area contributed by atoms with Gasteiger partial charge >= 0.3 is 0 Å². The van der Waals surface area contributed by atoms with Gasteiger partial charge in [-0.1, -0.05) is 18.5 Å². The van der Waals surface area contributed by atoms with Crippen molar-refractivity contribution in [2.24, 2.45) is 0 Å². The third-order valence-corrected chi connectivity index (χ3v) is 2.72. The molecule has 0 aliphatic carbocycles. The molecule has 0 amide bonds. The molecule has 0 spiro atoms. The lowest BCUT2D eigenvalue weighted by Gasteiger charge is -2.14. The topological polar surface area (TPSA) is 52.0 Å². The molecule has 1 rings (SSSR count). The van der Waals surface area contributed by atoms with Crippen LogP contribution in [0, 0.1) is 11.3 Å². The van der Waals surface area contributed by atoms with Gasteiger partial charge in [-0.05, 0) is 19.7 Å². The molecule has 16 heavy (non-hydrogen) atoms. The summed E-state index contributed by atoms with van der Waals surface area (Å²) in [5, 5.41) is 12.3. The van der Waals surface area contributed by atoms with Gasteiger partial charge < -0.3 is 10.2 Å². The molecule has 0 aliphatic rings. The lowest BCUT2D eigenvalue weighted by Crippen LogP contribution is -2.25. The molecule has 0 aromatic carbocycles. The second-order valence-corrected chi connectivity index (χ2v) is 3.83. The summed E-state index contributed by atoms with van der Waals surface area (Å²) >= 11 is 6.00. The van der Waals surface area contributed by atoms with E-state index < -0.39 is 0 Å². The molecule has 5 heteroatoms. The number of nitrogens with zero attached hydrogens (tertiary/aromatic N) is 3. The molecule has 1 aromatic rings. The summed E-state index contributed by atoms with van der Waals surface area (Å²) in [6.07, 6.45) is 1.58. The molecule has 0 radical (unpaired) electrons. The number of likely N-dealkylation sites (N-methyl/N-ethyl adjacent to an activating group) is 1. The van der Waals surface area contributed by atoms with Crippen LogP contribution in [0.2, 0.25) is 5.02 Å². The molecule has 0 atom stereocenters. The fourth-order valence-electron chi connectivity index (χ4n) is 1.18. The van der Waals surface area contributed by atoms with Gasteiger partial charge in [0.25, 0.3) is 0 Å². The van der Waals surface area contributed by atoms with Crippen LogP contribution in [0.25, 0.3) is 0 Å². The highest BCUT2D eigenvalue weighted by atomic mass is 35.5. The predicted octanol–water partition coefficient (Wildman–Crippen LogP) is 1.97. The molecule has 4 nitrogen and oxygen atoms in total. The summed E-state index contributed by atoms with van der Waals surface area (Å²) in [7, 11) is 2.04. The Labute approximate surface area is 101 Å². The lowest BCUT2D eigenvalue weighted by atomic mass is 10.3. The normalized spacial score (nSPS) is 10.2. The van der Waals surface area contributed by atoms with Crippen LogP contribution >= 0.6 is 11.6 Å². The van der Waals surface area contributed by atoms with Gasteiger partial charge in [0.15, 0.2) is 0 Å². The molecule has 0 fully saturated rings. The highest BCUT2D eigenvalue weighted by Crippen LogP contribution is 2.22. The Hall–Kier alpha value is -1.31. The molecule has 0 bridgehead atoms. The lowest BCUT2D eigenvalue weighted by molar-refractivity contribution is 0.367. The first-order chi connectivity index (χ1) is 7.69. The van der Waals surface area contributed by atoms with Crippen LogP contribution in [-0.4, -0.2) is 36.6 Å². The third-order valence-electron chi connectivity index (χ3n) is 2.34. The van der Waals surface area contributed by atoms with E-state index in [1.165, 1.54) is 0 Å². The number of nitriles is 1. The second-order valence-electron chi connectivity index (χ2n) is 3.46. The van der Waals surface area contributed by atoms with E-state index in [-0.39, 0.29) is 0 Å². The Kier molecular flexibility index (Phi) is 5.03. The average Bonchev–Trinajstić information content (AvgIpc) is 2.31. The van der Waals surface area contributed by atoms with Crippen molar-refractivity contribution in [1.82, 2.24) is 9.88 Å². The van der Waals surface area contributed by atoms with Crippen LogP contribution in [0.3, 0.4) is 0 Å². The summed E-state index contributed by atoms with van der Waals surface area (Å²) in [5.74, 6) is 0.574. The summed E-state index contributed by atoms with van der Waals surface area (Å²) in [4.78, 5) is 6.27. The van der Waals surface area contributed by atoms with Crippen molar-refractivity contribution in [2.45, 2.75) is 6.92 Å². The van der Waals surface area contributed by atoms with Crippen molar-refractivity contribution in [1.29, 1.82) is 5.26 Å². The fraction of sp³-hybridized carbons (Fsp3) is 0.455.